The summed E-state index contributed by atoms with van der Waals surface area (Å²) in [6.45, 7) is 2.30. The van der Waals surface area contributed by atoms with E-state index >= 15 is 0 Å². The molecule has 0 saturated heterocycles. The Labute approximate surface area is 117 Å². The maximum Gasteiger partial charge on any atom is 0.170 e. The lowest BCUT2D eigenvalue weighted by Gasteiger charge is -2.25. The zero-order valence-electron chi connectivity index (χ0n) is 11.2. The molecule has 0 aromatic heterocycles. The van der Waals surface area contributed by atoms with Crippen LogP contribution >= 0.6 is 0 Å². The van der Waals surface area contributed by atoms with E-state index in [9.17, 15) is 9.18 Å². The van der Waals surface area contributed by atoms with Crippen molar-refractivity contribution < 1.29 is 13.9 Å². The topological polar surface area (TPSA) is 26.3 Å². The summed E-state index contributed by atoms with van der Waals surface area (Å²) in [6.07, 6.45) is 0.659. The maximum atomic E-state index is 13.2. The van der Waals surface area contributed by atoms with E-state index in [1.165, 1.54) is 12.1 Å². The first-order valence-electron chi connectivity index (χ1n) is 6.69. The highest BCUT2D eigenvalue weighted by molar-refractivity contribution is 6.02. The molecule has 2 aromatic carbocycles. The number of benzene rings is 2. The smallest absolute Gasteiger partial charge is 0.170 e. The molecule has 0 radical (unpaired) electrons. The maximum absolute atomic E-state index is 13.2. The molecule has 0 fully saturated rings. The molecule has 1 atom stereocenters. The highest BCUT2D eigenvalue weighted by Gasteiger charge is 2.28. The molecule has 1 heterocycles. The van der Waals surface area contributed by atoms with Crippen LogP contribution in [-0.2, 0) is 0 Å². The van der Waals surface area contributed by atoms with Gasteiger partial charge < -0.3 is 4.74 Å². The highest BCUT2D eigenvalue weighted by Crippen LogP contribution is 2.36. The van der Waals surface area contributed by atoms with Crippen molar-refractivity contribution in [3.8, 4) is 5.75 Å². The molecule has 2 nitrogen and oxygen atoms in total. The van der Waals surface area contributed by atoms with Gasteiger partial charge in [-0.2, -0.15) is 0 Å². The first-order valence-corrected chi connectivity index (χ1v) is 6.69. The second-order valence-corrected chi connectivity index (χ2v) is 5.05. The average molecular weight is 270 g/mol. The van der Waals surface area contributed by atoms with Crippen LogP contribution in [0.4, 0.5) is 4.39 Å². The van der Waals surface area contributed by atoms with E-state index in [1.807, 2.05) is 24.3 Å². The second-order valence-electron chi connectivity index (χ2n) is 5.05. The number of hydrogen-bond acceptors (Lipinski definition) is 2. The van der Waals surface area contributed by atoms with Crippen LogP contribution in [0.15, 0.2) is 42.5 Å². The third-order valence-electron chi connectivity index (χ3n) is 3.73. The molecule has 0 bridgehead atoms. The van der Waals surface area contributed by atoms with Crippen LogP contribution in [0.1, 0.15) is 33.8 Å². The van der Waals surface area contributed by atoms with E-state index in [2.05, 4.69) is 0 Å². The molecule has 0 amide bonds. The summed E-state index contributed by atoms with van der Waals surface area (Å²) < 4.78 is 18.7. The Balaban J connectivity index is 2.00. The van der Waals surface area contributed by atoms with Gasteiger partial charge in [-0.15, -0.1) is 0 Å². The van der Waals surface area contributed by atoms with Gasteiger partial charge in [0.2, 0.25) is 0 Å². The quantitative estimate of drug-likeness (QED) is 0.774. The van der Waals surface area contributed by atoms with E-state index in [4.69, 9.17) is 4.74 Å². The number of ether oxygens (including phenoxy) is 1. The normalized spacial score (nSPS) is 17.2. The molecule has 1 aliphatic heterocycles. The summed E-state index contributed by atoms with van der Waals surface area (Å²) in [5, 5.41) is 0. The Morgan fingerprint density at radius 3 is 2.85 bits per heavy atom. The van der Waals surface area contributed by atoms with Gasteiger partial charge >= 0.3 is 0 Å². The number of carbonyl (C=O) groups excluding carboxylic acids is 1. The van der Waals surface area contributed by atoms with Crippen molar-refractivity contribution in [2.45, 2.75) is 19.3 Å². The summed E-state index contributed by atoms with van der Waals surface area (Å²) in [6, 6.07) is 11.9. The van der Waals surface area contributed by atoms with E-state index < -0.39 is 0 Å². The molecule has 0 aliphatic carbocycles. The Kier molecular flexibility index (Phi) is 3.26. The number of carbonyl (C=O) groups is 1. The van der Waals surface area contributed by atoms with Crippen molar-refractivity contribution in [1.29, 1.82) is 0 Å². The number of fused-ring (bicyclic) bond motifs is 1. The lowest BCUT2D eigenvalue weighted by Crippen LogP contribution is -2.22. The summed E-state index contributed by atoms with van der Waals surface area (Å²) in [4.78, 5) is 12.7. The molecule has 102 valence electrons. The third kappa shape index (κ3) is 2.20. The number of rotatable bonds is 2. The zero-order chi connectivity index (χ0) is 14.1. The number of halogens is 1. The predicted octanol–water partition coefficient (Wildman–Crippen LogP) is 3.88. The monoisotopic (exact) mass is 270 g/mol. The largest absolute Gasteiger partial charge is 0.493 e. The summed E-state index contributed by atoms with van der Waals surface area (Å²) in [7, 11) is 0. The first kappa shape index (κ1) is 12.9. The molecular formula is C17H15FO2. The van der Waals surface area contributed by atoms with Crippen LogP contribution in [0.5, 0.6) is 5.75 Å². The van der Waals surface area contributed by atoms with Gasteiger partial charge in [-0.25, -0.2) is 4.39 Å². The average Bonchev–Trinajstić information content (AvgIpc) is 2.46. The number of para-hydroxylation sites is 1. The van der Waals surface area contributed by atoms with Crippen molar-refractivity contribution in [2.75, 3.05) is 6.61 Å². The molecule has 2 aromatic rings. The summed E-state index contributed by atoms with van der Waals surface area (Å²) in [5.41, 5.74) is 2.19. The molecular weight excluding hydrogens is 255 g/mol. The van der Waals surface area contributed by atoms with Crippen LogP contribution < -0.4 is 4.74 Å². The second kappa shape index (κ2) is 5.08. The molecule has 3 heteroatoms. The van der Waals surface area contributed by atoms with Crippen molar-refractivity contribution >= 4 is 5.78 Å². The van der Waals surface area contributed by atoms with Crippen LogP contribution in [0.25, 0.3) is 0 Å². The van der Waals surface area contributed by atoms with Crippen LogP contribution in [-0.4, -0.2) is 12.4 Å². The number of Topliss-reactive ketones (excluding diaryl/α,β-unsaturated/α-hetero) is 1. The zero-order valence-corrected chi connectivity index (χ0v) is 11.2. The minimum absolute atomic E-state index is 0.0400. The molecule has 0 N–H and O–H groups in total. The van der Waals surface area contributed by atoms with Gasteiger partial charge in [-0.1, -0.05) is 18.2 Å². The molecule has 1 unspecified atom stereocenters. The van der Waals surface area contributed by atoms with Gasteiger partial charge in [0.1, 0.15) is 11.6 Å². The fraction of sp³-hybridized carbons (Fsp3) is 0.235. The van der Waals surface area contributed by atoms with E-state index in [1.54, 1.807) is 13.0 Å². The highest BCUT2D eigenvalue weighted by atomic mass is 19.1. The van der Waals surface area contributed by atoms with E-state index in [-0.39, 0.29) is 17.5 Å². The molecule has 20 heavy (non-hydrogen) atoms. The Bertz CT molecular complexity index is 664. The Hall–Kier alpha value is -2.16. The van der Waals surface area contributed by atoms with Crippen molar-refractivity contribution in [1.82, 2.24) is 0 Å². The Morgan fingerprint density at radius 1 is 1.25 bits per heavy atom. The number of ketones is 1. The van der Waals surface area contributed by atoms with Crippen molar-refractivity contribution in [3.63, 3.8) is 0 Å². The predicted molar refractivity (Wildman–Crippen MR) is 74.8 cm³/mol. The summed E-state index contributed by atoms with van der Waals surface area (Å²) in [5.74, 6) is 0.297. The van der Waals surface area contributed by atoms with Crippen LogP contribution in [0.2, 0.25) is 0 Å². The fourth-order valence-corrected chi connectivity index (χ4v) is 2.71. The molecule has 0 saturated carbocycles. The van der Waals surface area contributed by atoms with Gasteiger partial charge in [-0.05, 0) is 43.2 Å². The lowest BCUT2D eigenvalue weighted by atomic mass is 9.85. The van der Waals surface area contributed by atoms with E-state index in [0.29, 0.717) is 24.2 Å². The molecule has 3 rings (SSSR count). The molecule has 1 aliphatic rings. The lowest BCUT2D eigenvalue weighted by molar-refractivity contribution is 0.0932. The van der Waals surface area contributed by atoms with Crippen molar-refractivity contribution in [3.05, 3.63) is 65.0 Å². The minimum atomic E-state index is -0.313. The van der Waals surface area contributed by atoms with E-state index in [0.717, 1.165) is 11.3 Å². The molecule has 0 spiro atoms. The van der Waals surface area contributed by atoms with Gasteiger partial charge in [0.15, 0.2) is 5.78 Å². The SMILES string of the molecule is Cc1cc(F)ccc1C(=O)C1CCOc2ccccc21. The Morgan fingerprint density at radius 2 is 2.05 bits per heavy atom. The standard InChI is InChI=1S/C17H15FO2/c1-11-10-12(18)6-7-13(11)17(19)15-8-9-20-16-5-3-2-4-14(15)16/h2-7,10,15H,8-9H2,1H3. The fourth-order valence-electron chi connectivity index (χ4n) is 2.71. The van der Waals surface area contributed by atoms with Crippen LogP contribution in [0.3, 0.4) is 0 Å². The van der Waals surface area contributed by atoms with Gasteiger partial charge in [0, 0.05) is 11.1 Å². The number of hydrogen-bond donors (Lipinski definition) is 0. The van der Waals surface area contributed by atoms with Gasteiger partial charge in [0.25, 0.3) is 0 Å². The third-order valence-corrected chi connectivity index (χ3v) is 3.73. The van der Waals surface area contributed by atoms with Gasteiger partial charge in [-0.3, -0.25) is 4.79 Å². The minimum Gasteiger partial charge on any atom is -0.493 e. The van der Waals surface area contributed by atoms with Gasteiger partial charge in [0.05, 0.1) is 12.5 Å². The van der Waals surface area contributed by atoms with Crippen LogP contribution in [0, 0.1) is 12.7 Å². The van der Waals surface area contributed by atoms with Crippen molar-refractivity contribution in [2.24, 2.45) is 0 Å². The summed E-state index contributed by atoms with van der Waals surface area (Å²) >= 11 is 0. The first-order chi connectivity index (χ1) is 9.66. The number of aryl methyl sites for hydroxylation is 1.